The summed E-state index contributed by atoms with van der Waals surface area (Å²) >= 11 is 0. The number of aromatic nitrogens is 3. The third-order valence-corrected chi connectivity index (χ3v) is 3.39. The van der Waals surface area contributed by atoms with Crippen LogP contribution in [0.2, 0.25) is 0 Å². The highest BCUT2D eigenvalue weighted by molar-refractivity contribution is 5.03. The molecule has 1 fully saturated rings. The largest absolute Gasteiger partial charge is 0.311 e. The Balaban J connectivity index is 2.25. The monoisotopic (exact) mass is 222 g/mol. The van der Waals surface area contributed by atoms with Gasteiger partial charge >= 0.3 is 0 Å². The second-order valence-electron chi connectivity index (χ2n) is 5.21. The van der Waals surface area contributed by atoms with E-state index in [0.29, 0.717) is 12.1 Å². The zero-order valence-electron chi connectivity index (χ0n) is 10.7. The molecule has 1 N–H and O–H groups in total. The van der Waals surface area contributed by atoms with Crippen molar-refractivity contribution in [3.05, 3.63) is 11.6 Å². The Bertz CT molecular complexity index is 356. The van der Waals surface area contributed by atoms with Gasteiger partial charge in [-0.3, -0.25) is 0 Å². The number of rotatable bonds is 2. The highest BCUT2D eigenvalue weighted by atomic mass is 15.3. The van der Waals surface area contributed by atoms with E-state index in [0.717, 1.165) is 24.1 Å². The Morgan fingerprint density at radius 2 is 2.12 bits per heavy atom. The minimum atomic E-state index is 0.382. The van der Waals surface area contributed by atoms with E-state index in [-0.39, 0.29) is 0 Å². The molecule has 4 nitrogen and oxygen atoms in total. The molecule has 2 heterocycles. The molecule has 4 heteroatoms. The van der Waals surface area contributed by atoms with Gasteiger partial charge in [-0.2, -0.15) is 0 Å². The molecule has 0 aliphatic carbocycles. The van der Waals surface area contributed by atoms with Crippen LogP contribution in [0.4, 0.5) is 0 Å². The lowest BCUT2D eigenvalue weighted by Crippen LogP contribution is -2.33. The molecule has 1 saturated heterocycles. The molecule has 16 heavy (non-hydrogen) atoms. The quantitative estimate of drug-likeness (QED) is 0.834. The van der Waals surface area contributed by atoms with Crippen molar-refractivity contribution in [1.82, 2.24) is 20.1 Å². The van der Waals surface area contributed by atoms with E-state index in [2.05, 4.69) is 40.9 Å². The summed E-state index contributed by atoms with van der Waals surface area (Å²) in [6, 6.07) is 0.816. The van der Waals surface area contributed by atoms with Gasteiger partial charge in [-0.1, -0.05) is 6.92 Å². The number of hydrogen-bond acceptors (Lipinski definition) is 3. The summed E-state index contributed by atoms with van der Waals surface area (Å²) in [5.41, 5.74) is 0. The van der Waals surface area contributed by atoms with Crippen molar-refractivity contribution in [2.45, 2.75) is 52.6 Å². The smallest absolute Gasteiger partial charge is 0.150 e. The molecule has 2 rings (SSSR count). The lowest BCUT2D eigenvalue weighted by molar-refractivity contribution is 0.305. The van der Waals surface area contributed by atoms with Crippen LogP contribution < -0.4 is 5.32 Å². The molecule has 0 saturated carbocycles. The number of nitrogens with zero attached hydrogens (tertiary/aromatic N) is 3. The summed E-state index contributed by atoms with van der Waals surface area (Å²) in [6.45, 7) is 9.81. The molecule has 1 aromatic heterocycles. The van der Waals surface area contributed by atoms with Gasteiger partial charge in [0.2, 0.25) is 0 Å². The minimum Gasteiger partial charge on any atom is -0.311 e. The average Bonchev–Trinajstić information content (AvgIpc) is 2.60. The molecule has 0 radical (unpaired) electrons. The van der Waals surface area contributed by atoms with Gasteiger partial charge in [0.25, 0.3) is 0 Å². The van der Waals surface area contributed by atoms with Crippen molar-refractivity contribution in [2.75, 3.05) is 6.54 Å². The van der Waals surface area contributed by atoms with Crippen LogP contribution in [0, 0.1) is 12.8 Å². The Labute approximate surface area is 97.5 Å². The van der Waals surface area contributed by atoms with Crippen LogP contribution in [0.15, 0.2) is 0 Å². The van der Waals surface area contributed by atoms with Gasteiger partial charge in [-0.25, -0.2) is 0 Å². The highest BCUT2D eigenvalue weighted by Crippen LogP contribution is 2.27. The Morgan fingerprint density at radius 3 is 2.75 bits per heavy atom. The van der Waals surface area contributed by atoms with Gasteiger partial charge in [0, 0.05) is 6.04 Å². The lowest BCUT2D eigenvalue weighted by atomic mass is 9.94. The maximum absolute atomic E-state index is 4.35. The molecular formula is C12H22N4. The van der Waals surface area contributed by atoms with E-state index in [9.17, 15) is 0 Å². The standard InChI is InChI=1S/C12H22N4/c1-8(2)16-10(4)14-15-12(16)11-7-9(3)5-6-13-11/h8-9,11,13H,5-7H2,1-4H3. The van der Waals surface area contributed by atoms with E-state index < -0.39 is 0 Å². The SMILES string of the molecule is Cc1nnc(C2CC(C)CCN2)n1C(C)C. The van der Waals surface area contributed by atoms with Crippen LogP contribution in [-0.4, -0.2) is 21.3 Å². The van der Waals surface area contributed by atoms with E-state index in [4.69, 9.17) is 0 Å². The molecule has 90 valence electrons. The third-order valence-electron chi connectivity index (χ3n) is 3.39. The average molecular weight is 222 g/mol. The molecule has 1 aliphatic heterocycles. The molecule has 2 unspecified atom stereocenters. The fourth-order valence-corrected chi connectivity index (χ4v) is 2.57. The summed E-state index contributed by atoms with van der Waals surface area (Å²) in [5.74, 6) is 2.91. The Kier molecular flexibility index (Phi) is 3.28. The Hall–Kier alpha value is -0.900. The Morgan fingerprint density at radius 1 is 1.38 bits per heavy atom. The van der Waals surface area contributed by atoms with Crippen molar-refractivity contribution < 1.29 is 0 Å². The van der Waals surface area contributed by atoms with Crippen molar-refractivity contribution in [2.24, 2.45) is 5.92 Å². The van der Waals surface area contributed by atoms with E-state index >= 15 is 0 Å². The first-order chi connectivity index (χ1) is 7.59. The zero-order chi connectivity index (χ0) is 11.7. The normalized spacial score (nSPS) is 26.3. The summed E-state index contributed by atoms with van der Waals surface area (Å²) in [7, 11) is 0. The number of hydrogen-bond donors (Lipinski definition) is 1. The van der Waals surface area contributed by atoms with Crippen molar-refractivity contribution in [3.8, 4) is 0 Å². The molecule has 0 spiro atoms. The van der Waals surface area contributed by atoms with Crippen molar-refractivity contribution >= 4 is 0 Å². The molecule has 0 bridgehead atoms. The minimum absolute atomic E-state index is 0.382. The van der Waals surface area contributed by atoms with Crippen LogP contribution in [0.1, 0.15) is 57.3 Å². The van der Waals surface area contributed by atoms with Crippen LogP contribution in [0.3, 0.4) is 0 Å². The zero-order valence-corrected chi connectivity index (χ0v) is 10.7. The maximum Gasteiger partial charge on any atom is 0.150 e. The van der Waals surface area contributed by atoms with Crippen LogP contribution >= 0.6 is 0 Å². The number of nitrogens with one attached hydrogen (secondary N) is 1. The van der Waals surface area contributed by atoms with E-state index in [1.54, 1.807) is 0 Å². The summed E-state index contributed by atoms with van der Waals surface area (Å²) in [6.07, 6.45) is 2.44. The number of aryl methyl sites for hydroxylation is 1. The van der Waals surface area contributed by atoms with Gasteiger partial charge in [0.05, 0.1) is 6.04 Å². The topological polar surface area (TPSA) is 42.7 Å². The fourth-order valence-electron chi connectivity index (χ4n) is 2.57. The summed E-state index contributed by atoms with van der Waals surface area (Å²) in [5, 5.41) is 12.1. The van der Waals surface area contributed by atoms with Crippen LogP contribution in [-0.2, 0) is 0 Å². The molecule has 1 aliphatic rings. The fraction of sp³-hybridized carbons (Fsp3) is 0.833. The lowest BCUT2D eigenvalue weighted by Gasteiger charge is -2.28. The van der Waals surface area contributed by atoms with Crippen LogP contribution in [0.25, 0.3) is 0 Å². The van der Waals surface area contributed by atoms with Gasteiger partial charge in [0.1, 0.15) is 11.6 Å². The first kappa shape index (κ1) is 11.6. The first-order valence-electron chi connectivity index (χ1n) is 6.24. The van der Waals surface area contributed by atoms with Crippen molar-refractivity contribution in [3.63, 3.8) is 0 Å². The second-order valence-corrected chi connectivity index (χ2v) is 5.21. The second kappa shape index (κ2) is 4.53. The van der Waals surface area contributed by atoms with E-state index in [1.807, 2.05) is 6.92 Å². The van der Waals surface area contributed by atoms with Gasteiger partial charge in [0.15, 0.2) is 0 Å². The predicted molar refractivity (Wildman–Crippen MR) is 64.3 cm³/mol. The molecule has 0 aromatic carbocycles. The number of piperidine rings is 1. The van der Waals surface area contributed by atoms with Crippen molar-refractivity contribution in [1.29, 1.82) is 0 Å². The van der Waals surface area contributed by atoms with E-state index in [1.165, 1.54) is 12.8 Å². The summed E-state index contributed by atoms with van der Waals surface area (Å²) < 4.78 is 2.25. The summed E-state index contributed by atoms with van der Waals surface area (Å²) in [4.78, 5) is 0. The van der Waals surface area contributed by atoms with Gasteiger partial charge < -0.3 is 9.88 Å². The molecule has 1 aromatic rings. The molecular weight excluding hydrogens is 200 g/mol. The van der Waals surface area contributed by atoms with Gasteiger partial charge in [-0.15, -0.1) is 10.2 Å². The highest BCUT2D eigenvalue weighted by Gasteiger charge is 2.25. The maximum atomic E-state index is 4.35. The van der Waals surface area contributed by atoms with Crippen LogP contribution in [0.5, 0.6) is 0 Å². The molecule has 2 atom stereocenters. The van der Waals surface area contributed by atoms with Gasteiger partial charge in [-0.05, 0) is 46.1 Å². The predicted octanol–water partition coefficient (Wildman–Crippen LogP) is 2.23. The first-order valence-corrected chi connectivity index (χ1v) is 6.24. The third kappa shape index (κ3) is 2.12. The molecule has 0 amide bonds.